The number of aromatic nitrogens is 2. The molecule has 0 aliphatic heterocycles. The first-order valence-electron chi connectivity index (χ1n) is 5.68. The van der Waals surface area contributed by atoms with Crippen molar-refractivity contribution >= 4 is 5.82 Å². The van der Waals surface area contributed by atoms with Crippen LogP contribution in [0.3, 0.4) is 0 Å². The van der Waals surface area contributed by atoms with Gasteiger partial charge in [-0.15, -0.1) is 0 Å². The van der Waals surface area contributed by atoms with Crippen LogP contribution in [-0.2, 0) is 6.61 Å². The summed E-state index contributed by atoms with van der Waals surface area (Å²) in [6, 6.07) is 11.8. The number of nitrogens with zero attached hydrogens (tertiary/aromatic N) is 2. The van der Waals surface area contributed by atoms with Crippen LogP contribution >= 0.6 is 0 Å². The normalized spacial score (nSPS) is 10.8. The second kappa shape index (κ2) is 4.91. The lowest BCUT2D eigenvalue weighted by Gasteiger charge is -2.06. The quantitative estimate of drug-likeness (QED) is 0.880. The minimum Gasteiger partial charge on any atom is -0.487 e. The molecule has 1 heterocycles. The summed E-state index contributed by atoms with van der Waals surface area (Å²) in [4.78, 5) is 0. The average molecular weight is 231 g/mol. The monoisotopic (exact) mass is 231 g/mol. The van der Waals surface area contributed by atoms with Crippen LogP contribution in [-0.4, -0.2) is 9.78 Å². The second-order valence-corrected chi connectivity index (χ2v) is 4.20. The zero-order valence-corrected chi connectivity index (χ0v) is 10.1. The van der Waals surface area contributed by atoms with Gasteiger partial charge in [-0.3, -0.25) is 0 Å². The Labute approximate surface area is 101 Å². The molecule has 4 heteroatoms. The van der Waals surface area contributed by atoms with Gasteiger partial charge in [-0.2, -0.15) is 5.10 Å². The zero-order chi connectivity index (χ0) is 12.3. The van der Waals surface area contributed by atoms with Crippen molar-refractivity contribution in [2.45, 2.75) is 26.5 Å². The van der Waals surface area contributed by atoms with E-state index in [9.17, 15) is 0 Å². The van der Waals surface area contributed by atoms with Gasteiger partial charge in [0.1, 0.15) is 23.9 Å². The van der Waals surface area contributed by atoms with E-state index in [2.05, 4.69) is 5.10 Å². The molecule has 1 aromatic heterocycles. The number of hydrogen-bond donors (Lipinski definition) is 1. The molecule has 0 atom stereocenters. The van der Waals surface area contributed by atoms with E-state index in [4.69, 9.17) is 10.5 Å². The maximum Gasteiger partial charge on any atom is 0.132 e. The maximum absolute atomic E-state index is 5.86. The average Bonchev–Trinajstić information content (AvgIpc) is 2.69. The van der Waals surface area contributed by atoms with Crippen LogP contribution in [0.2, 0.25) is 0 Å². The van der Waals surface area contributed by atoms with Crippen molar-refractivity contribution in [2.24, 2.45) is 0 Å². The molecule has 0 amide bonds. The zero-order valence-electron chi connectivity index (χ0n) is 10.1. The van der Waals surface area contributed by atoms with Gasteiger partial charge in [0, 0.05) is 12.1 Å². The van der Waals surface area contributed by atoms with E-state index in [1.807, 2.05) is 50.2 Å². The van der Waals surface area contributed by atoms with Crippen LogP contribution in [0, 0.1) is 0 Å². The molecule has 17 heavy (non-hydrogen) atoms. The van der Waals surface area contributed by atoms with Gasteiger partial charge in [-0.05, 0) is 26.0 Å². The number of benzene rings is 1. The van der Waals surface area contributed by atoms with Crippen LogP contribution in [0.15, 0.2) is 36.4 Å². The highest BCUT2D eigenvalue weighted by atomic mass is 16.5. The van der Waals surface area contributed by atoms with Crippen molar-refractivity contribution in [2.75, 3.05) is 5.73 Å². The minimum atomic E-state index is 0.264. The third-order valence-electron chi connectivity index (χ3n) is 2.43. The number of nitrogens with two attached hydrogens (primary N) is 1. The van der Waals surface area contributed by atoms with Gasteiger partial charge < -0.3 is 10.5 Å². The summed E-state index contributed by atoms with van der Waals surface area (Å²) >= 11 is 0. The molecule has 2 N–H and O–H groups in total. The highest BCUT2D eigenvalue weighted by molar-refractivity contribution is 5.31. The molecule has 0 aliphatic carbocycles. The smallest absolute Gasteiger partial charge is 0.132 e. The van der Waals surface area contributed by atoms with E-state index in [0.29, 0.717) is 12.4 Å². The first kappa shape index (κ1) is 11.5. The molecule has 2 rings (SSSR count). The van der Waals surface area contributed by atoms with Gasteiger partial charge >= 0.3 is 0 Å². The number of rotatable bonds is 4. The molecule has 0 radical (unpaired) electrons. The fraction of sp³-hybridized carbons (Fsp3) is 0.308. The fourth-order valence-electron chi connectivity index (χ4n) is 1.62. The lowest BCUT2D eigenvalue weighted by molar-refractivity contribution is 0.299. The first-order valence-corrected chi connectivity index (χ1v) is 5.68. The third-order valence-corrected chi connectivity index (χ3v) is 2.43. The summed E-state index contributed by atoms with van der Waals surface area (Å²) < 4.78 is 7.40. The van der Waals surface area contributed by atoms with Gasteiger partial charge in [0.25, 0.3) is 0 Å². The molecule has 90 valence electrons. The molecule has 2 aromatic rings. The largest absolute Gasteiger partial charge is 0.487 e. The Kier molecular flexibility index (Phi) is 3.32. The maximum atomic E-state index is 5.86. The molecule has 0 fully saturated rings. The van der Waals surface area contributed by atoms with E-state index in [0.717, 1.165) is 11.4 Å². The molecular weight excluding hydrogens is 214 g/mol. The minimum absolute atomic E-state index is 0.264. The summed E-state index contributed by atoms with van der Waals surface area (Å²) in [6.07, 6.45) is 0. The Hall–Kier alpha value is -1.97. The van der Waals surface area contributed by atoms with Crippen molar-refractivity contribution in [3.05, 3.63) is 42.1 Å². The van der Waals surface area contributed by atoms with Crippen LogP contribution in [0.25, 0.3) is 0 Å². The predicted octanol–water partition coefficient (Wildman–Crippen LogP) is 2.63. The van der Waals surface area contributed by atoms with Crippen molar-refractivity contribution in [1.29, 1.82) is 0 Å². The molecule has 4 nitrogen and oxygen atoms in total. The predicted molar refractivity (Wildman–Crippen MR) is 67.8 cm³/mol. The molecule has 0 saturated carbocycles. The van der Waals surface area contributed by atoms with E-state index in [1.165, 1.54) is 0 Å². The Morgan fingerprint density at radius 1 is 1.29 bits per heavy atom. The lowest BCUT2D eigenvalue weighted by atomic mass is 10.3. The van der Waals surface area contributed by atoms with Crippen LogP contribution in [0.5, 0.6) is 5.75 Å². The van der Waals surface area contributed by atoms with E-state index >= 15 is 0 Å². The highest BCUT2D eigenvalue weighted by Crippen LogP contribution is 2.15. The first-order chi connectivity index (χ1) is 8.16. The molecule has 0 aliphatic rings. The molecule has 1 aromatic carbocycles. The fourth-order valence-corrected chi connectivity index (χ4v) is 1.62. The van der Waals surface area contributed by atoms with E-state index in [1.54, 1.807) is 4.68 Å². The number of para-hydroxylation sites is 1. The van der Waals surface area contributed by atoms with E-state index < -0.39 is 0 Å². The van der Waals surface area contributed by atoms with Crippen molar-refractivity contribution in [3.63, 3.8) is 0 Å². The number of ether oxygens (including phenoxy) is 1. The summed E-state index contributed by atoms with van der Waals surface area (Å²) in [5, 5.41) is 4.39. The summed E-state index contributed by atoms with van der Waals surface area (Å²) in [6.45, 7) is 4.53. The highest BCUT2D eigenvalue weighted by Gasteiger charge is 2.07. The molecule has 0 saturated heterocycles. The van der Waals surface area contributed by atoms with Crippen LogP contribution in [0.1, 0.15) is 25.6 Å². The summed E-state index contributed by atoms with van der Waals surface area (Å²) in [7, 11) is 0. The SMILES string of the molecule is CC(C)n1nc(COc2ccccc2)cc1N. The van der Waals surface area contributed by atoms with Crippen molar-refractivity contribution in [1.82, 2.24) is 9.78 Å². The van der Waals surface area contributed by atoms with Gasteiger partial charge in [0.2, 0.25) is 0 Å². The number of anilines is 1. The van der Waals surface area contributed by atoms with Gasteiger partial charge in [0.05, 0.1) is 0 Å². The molecule has 0 bridgehead atoms. The van der Waals surface area contributed by atoms with Crippen LogP contribution < -0.4 is 10.5 Å². The van der Waals surface area contributed by atoms with Crippen molar-refractivity contribution in [3.8, 4) is 5.75 Å². The topological polar surface area (TPSA) is 53.1 Å². The van der Waals surface area contributed by atoms with Crippen molar-refractivity contribution < 1.29 is 4.74 Å². The molecule has 0 spiro atoms. The Bertz CT molecular complexity index is 477. The lowest BCUT2D eigenvalue weighted by Crippen LogP contribution is -2.07. The number of nitrogen functional groups attached to an aromatic ring is 1. The molecule has 0 unspecified atom stereocenters. The second-order valence-electron chi connectivity index (χ2n) is 4.20. The third kappa shape index (κ3) is 2.78. The van der Waals surface area contributed by atoms with Gasteiger partial charge in [-0.25, -0.2) is 4.68 Å². The van der Waals surface area contributed by atoms with E-state index in [-0.39, 0.29) is 6.04 Å². The molecular formula is C13H17N3O. The number of hydrogen-bond acceptors (Lipinski definition) is 3. The van der Waals surface area contributed by atoms with Gasteiger partial charge in [0.15, 0.2) is 0 Å². The Morgan fingerprint density at radius 2 is 2.00 bits per heavy atom. The van der Waals surface area contributed by atoms with Gasteiger partial charge in [-0.1, -0.05) is 18.2 Å². The standard InChI is InChI=1S/C13H17N3O/c1-10(2)16-13(14)8-11(15-16)9-17-12-6-4-3-5-7-12/h3-8,10H,9,14H2,1-2H3. The Balaban J connectivity index is 2.02. The van der Waals surface area contributed by atoms with Crippen LogP contribution in [0.4, 0.5) is 5.82 Å². The summed E-state index contributed by atoms with van der Waals surface area (Å²) in [5.41, 5.74) is 6.70. The Morgan fingerprint density at radius 3 is 2.59 bits per heavy atom. The summed E-state index contributed by atoms with van der Waals surface area (Å²) in [5.74, 6) is 1.51.